The second-order valence-electron chi connectivity index (χ2n) is 5.52. The van der Waals surface area contributed by atoms with E-state index in [0.29, 0.717) is 17.9 Å². The minimum absolute atomic E-state index is 0.261. The minimum atomic E-state index is -0.261. The van der Waals surface area contributed by atoms with Gasteiger partial charge in [-0.3, -0.25) is 4.79 Å². The molecule has 0 fully saturated rings. The van der Waals surface area contributed by atoms with Crippen molar-refractivity contribution in [3.63, 3.8) is 0 Å². The summed E-state index contributed by atoms with van der Waals surface area (Å²) < 4.78 is 6.80. The van der Waals surface area contributed by atoms with Gasteiger partial charge < -0.3 is 4.74 Å². The van der Waals surface area contributed by atoms with Gasteiger partial charge in [0, 0.05) is 15.6 Å². The Bertz CT molecular complexity index is 896. The number of ether oxygens (including phenoxy) is 1. The van der Waals surface area contributed by atoms with Crippen LogP contribution in [0.15, 0.2) is 88.4 Å². The summed E-state index contributed by atoms with van der Waals surface area (Å²) in [5.41, 5.74) is 4.93. The number of halogens is 1. The zero-order valence-electron chi connectivity index (χ0n) is 13.9. The van der Waals surface area contributed by atoms with Crippen LogP contribution in [0.25, 0.3) is 0 Å². The molecule has 5 heteroatoms. The Kier molecular flexibility index (Phi) is 6.17. The number of nitrogens with one attached hydrogen (secondary N) is 1. The van der Waals surface area contributed by atoms with Crippen LogP contribution in [0.4, 0.5) is 0 Å². The van der Waals surface area contributed by atoms with Crippen LogP contribution in [0.3, 0.4) is 0 Å². The number of hydrogen-bond donors (Lipinski definition) is 1. The van der Waals surface area contributed by atoms with Gasteiger partial charge in [-0.2, -0.15) is 5.10 Å². The average molecular weight is 409 g/mol. The Labute approximate surface area is 160 Å². The fourth-order valence-electron chi connectivity index (χ4n) is 2.30. The lowest BCUT2D eigenvalue weighted by Gasteiger charge is -2.09. The maximum absolute atomic E-state index is 12.0. The van der Waals surface area contributed by atoms with Crippen LogP contribution in [0.5, 0.6) is 5.75 Å². The van der Waals surface area contributed by atoms with E-state index >= 15 is 0 Å². The summed E-state index contributed by atoms with van der Waals surface area (Å²) in [4.78, 5) is 12.0. The van der Waals surface area contributed by atoms with E-state index in [1.165, 1.54) is 0 Å². The number of nitrogens with zero attached hydrogens (tertiary/aromatic N) is 1. The number of hydrazone groups is 1. The van der Waals surface area contributed by atoms with Crippen molar-refractivity contribution in [2.45, 2.75) is 6.61 Å². The van der Waals surface area contributed by atoms with Gasteiger partial charge in [0.05, 0.1) is 6.21 Å². The van der Waals surface area contributed by atoms with Gasteiger partial charge in [-0.1, -0.05) is 64.5 Å². The number of carbonyl (C=O) groups is 1. The van der Waals surface area contributed by atoms with E-state index in [9.17, 15) is 4.79 Å². The first-order valence-electron chi connectivity index (χ1n) is 8.07. The predicted octanol–water partition coefficient (Wildman–Crippen LogP) is 4.79. The first-order chi connectivity index (χ1) is 12.7. The van der Waals surface area contributed by atoms with Gasteiger partial charge in [0.15, 0.2) is 0 Å². The lowest BCUT2D eigenvalue weighted by atomic mass is 10.2. The molecule has 0 unspecified atom stereocenters. The normalized spacial score (nSPS) is 10.7. The second kappa shape index (κ2) is 8.97. The van der Waals surface area contributed by atoms with Crippen molar-refractivity contribution in [3.8, 4) is 5.75 Å². The van der Waals surface area contributed by atoms with Crippen molar-refractivity contribution in [1.29, 1.82) is 0 Å². The SMILES string of the molecule is O=C(NN=Cc1cc(Br)ccc1OCc1ccccc1)c1ccccc1. The van der Waals surface area contributed by atoms with Crippen molar-refractivity contribution in [2.24, 2.45) is 5.10 Å². The Morgan fingerprint density at radius 3 is 2.42 bits per heavy atom. The predicted molar refractivity (Wildman–Crippen MR) is 106 cm³/mol. The van der Waals surface area contributed by atoms with E-state index in [1.54, 1.807) is 18.3 Å². The lowest BCUT2D eigenvalue weighted by Crippen LogP contribution is -2.17. The van der Waals surface area contributed by atoms with Gasteiger partial charge in [0.2, 0.25) is 0 Å². The summed E-state index contributed by atoms with van der Waals surface area (Å²) in [7, 11) is 0. The van der Waals surface area contributed by atoms with Crippen LogP contribution in [0.1, 0.15) is 21.5 Å². The van der Waals surface area contributed by atoms with E-state index in [-0.39, 0.29) is 5.91 Å². The molecule has 0 heterocycles. The van der Waals surface area contributed by atoms with Crippen LogP contribution in [-0.4, -0.2) is 12.1 Å². The monoisotopic (exact) mass is 408 g/mol. The number of carbonyl (C=O) groups excluding carboxylic acids is 1. The van der Waals surface area contributed by atoms with Crippen molar-refractivity contribution in [2.75, 3.05) is 0 Å². The molecule has 0 aliphatic heterocycles. The Morgan fingerprint density at radius 1 is 1.00 bits per heavy atom. The van der Waals surface area contributed by atoms with E-state index in [2.05, 4.69) is 26.5 Å². The molecular formula is C21H17BrN2O2. The van der Waals surface area contributed by atoms with E-state index in [0.717, 1.165) is 15.6 Å². The Morgan fingerprint density at radius 2 is 1.69 bits per heavy atom. The molecule has 1 amide bonds. The average Bonchev–Trinajstić information content (AvgIpc) is 2.69. The summed E-state index contributed by atoms with van der Waals surface area (Å²) in [6.45, 7) is 0.458. The first-order valence-corrected chi connectivity index (χ1v) is 8.86. The quantitative estimate of drug-likeness (QED) is 0.470. The van der Waals surface area contributed by atoms with Crippen LogP contribution >= 0.6 is 15.9 Å². The van der Waals surface area contributed by atoms with Gasteiger partial charge in [0.25, 0.3) is 5.91 Å². The van der Waals surface area contributed by atoms with E-state index in [4.69, 9.17) is 4.74 Å². The highest BCUT2D eigenvalue weighted by molar-refractivity contribution is 9.10. The molecule has 3 aromatic carbocycles. The van der Waals surface area contributed by atoms with Crippen LogP contribution in [-0.2, 0) is 6.61 Å². The summed E-state index contributed by atoms with van der Waals surface area (Å²) in [5, 5.41) is 4.05. The van der Waals surface area contributed by atoms with Crippen LogP contribution < -0.4 is 10.2 Å². The molecule has 26 heavy (non-hydrogen) atoms. The molecule has 3 rings (SSSR count). The van der Waals surface area contributed by atoms with E-state index in [1.807, 2.05) is 66.7 Å². The molecule has 0 aromatic heterocycles. The van der Waals surface area contributed by atoms with E-state index < -0.39 is 0 Å². The molecule has 0 aliphatic carbocycles. The molecule has 1 N–H and O–H groups in total. The van der Waals surface area contributed by atoms with Crippen molar-refractivity contribution < 1.29 is 9.53 Å². The van der Waals surface area contributed by atoms with Gasteiger partial charge >= 0.3 is 0 Å². The zero-order chi connectivity index (χ0) is 18.2. The highest BCUT2D eigenvalue weighted by Crippen LogP contribution is 2.22. The Hall–Kier alpha value is -2.92. The molecule has 0 saturated heterocycles. The van der Waals surface area contributed by atoms with Gasteiger partial charge in [-0.05, 0) is 35.9 Å². The fourth-order valence-corrected chi connectivity index (χ4v) is 2.68. The minimum Gasteiger partial charge on any atom is -0.488 e. The molecule has 4 nitrogen and oxygen atoms in total. The fraction of sp³-hybridized carbons (Fsp3) is 0.0476. The molecule has 130 valence electrons. The molecule has 0 saturated carbocycles. The maximum atomic E-state index is 12.0. The van der Waals surface area contributed by atoms with Crippen LogP contribution in [0.2, 0.25) is 0 Å². The molecule has 0 atom stereocenters. The maximum Gasteiger partial charge on any atom is 0.271 e. The van der Waals surface area contributed by atoms with Crippen molar-refractivity contribution in [1.82, 2.24) is 5.43 Å². The number of hydrogen-bond acceptors (Lipinski definition) is 3. The third-order valence-electron chi connectivity index (χ3n) is 3.61. The third-order valence-corrected chi connectivity index (χ3v) is 4.11. The van der Waals surface area contributed by atoms with Crippen LogP contribution in [0, 0.1) is 0 Å². The molecule has 0 radical (unpaired) electrons. The summed E-state index contributed by atoms with van der Waals surface area (Å²) in [6, 6.07) is 24.5. The molecular weight excluding hydrogens is 392 g/mol. The summed E-state index contributed by atoms with van der Waals surface area (Å²) in [6.07, 6.45) is 1.58. The Balaban J connectivity index is 1.68. The van der Waals surface area contributed by atoms with Crippen molar-refractivity contribution >= 4 is 28.1 Å². The number of rotatable bonds is 6. The number of benzene rings is 3. The topological polar surface area (TPSA) is 50.7 Å². The molecule has 0 aliphatic rings. The molecule has 3 aromatic rings. The third kappa shape index (κ3) is 5.04. The highest BCUT2D eigenvalue weighted by Gasteiger charge is 2.05. The van der Waals surface area contributed by atoms with Gasteiger partial charge in [-0.25, -0.2) is 5.43 Å². The van der Waals surface area contributed by atoms with Crippen molar-refractivity contribution in [3.05, 3.63) is 100 Å². The molecule has 0 spiro atoms. The zero-order valence-corrected chi connectivity index (χ0v) is 15.5. The van der Waals surface area contributed by atoms with Gasteiger partial charge in [0.1, 0.15) is 12.4 Å². The summed E-state index contributed by atoms with van der Waals surface area (Å²) in [5.74, 6) is 0.429. The largest absolute Gasteiger partial charge is 0.488 e. The smallest absolute Gasteiger partial charge is 0.271 e. The standard InChI is InChI=1S/C21H17BrN2O2/c22-19-11-12-20(26-15-16-7-3-1-4-8-16)18(13-19)14-23-24-21(25)17-9-5-2-6-10-17/h1-14H,15H2,(H,24,25). The first kappa shape index (κ1) is 17.9. The van der Waals surface area contributed by atoms with Gasteiger partial charge in [-0.15, -0.1) is 0 Å². The lowest BCUT2D eigenvalue weighted by molar-refractivity contribution is 0.0955. The number of amides is 1. The highest BCUT2D eigenvalue weighted by atomic mass is 79.9. The summed E-state index contributed by atoms with van der Waals surface area (Å²) >= 11 is 3.45. The second-order valence-corrected chi connectivity index (χ2v) is 6.44. The molecule has 0 bridgehead atoms.